The van der Waals surface area contributed by atoms with Crippen molar-refractivity contribution in [2.75, 3.05) is 37.7 Å². The number of rotatable bonds is 3. The van der Waals surface area contributed by atoms with Gasteiger partial charge >= 0.3 is 12.4 Å². The SMILES string of the molecule is O=C(c1cc(C(F)(F)F)cc(C(F)(F)F)c1)N1CCC(N2CCSCC2)C(c2ccc(Cl)cc2)C1. The summed E-state index contributed by atoms with van der Waals surface area (Å²) in [7, 11) is 0. The number of halogens is 7. The highest BCUT2D eigenvalue weighted by Crippen LogP contribution is 2.38. The molecular weight excluding hydrogens is 514 g/mol. The van der Waals surface area contributed by atoms with E-state index in [2.05, 4.69) is 4.90 Å². The van der Waals surface area contributed by atoms with Crippen LogP contribution >= 0.6 is 23.4 Å². The van der Waals surface area contributed by atoms with Crippen molar-refractivity contribution in [1.82, 2.24) is 9.80 Å². The van der Waals surface area contributed by atoms with Crippen molar-refractivity contribution >= 4 is 29.3 Å². The molecule has 0 radical (unpaired) electrons. The van der Waals surface area contributed by atoms with E-state index in [9.17, 15) is 31.1 Å². The summed E-state index contributed by atoms with van der Waals surface area (Å²) >= 11 is 7.90. The minimum Gasteiger partial charge on any atom is -0.338 e. The number of alkyl halides is 6. The van der Waals surface area contributed by atoms with E-state index < -0.39 is 35.0 Å². The van der Waals surface area contributed by atoms with Gasteiger partial charge in [0.05, 0.1) is 11.1 Å². The minimum absolute atomic E-state index is 0.0356. The quantitative estimate of drug-likeness (QED) is 0.423. The number of amides is 1. The molecule has 0 aliphatic carbocycles. The van der Waals surface area contributed by atoms with Gasteiger partial charge in [-0.3, -0.25) is 9.69 Å². The van der Waals surface area contributed by atoms with E-state index in [4.69, 9.17) is 11.6 Å². The van der Waals surface area contributed by atoms with Gasteiger partial charge in [-0.2, -0.15) is 38.1 Å². The Morgan fingerprint density at radius 3 is 2.00 bits per heavy atom. The highest BCUT2D eigenvalue weighted by Gasteiger charge is 2.40. The molecule has 0 N–H and O–H groups in total. The monoisotopic (exact) mass is 536 g/mol. The lowest BCUT2D eigenvalue weighted by Crippen LogP contribution is -2.53. The van der Waals surface area contributed by atoms with Crippen LogP contribution in [0.15, 0.2) is 42.5 Å². The van der Waals surface area contributed by atoms with Crippen molar-refractivity contribution in [3.63, 3.8) is 0 Å². The third-order valence-corrected chi connectivity index (χ3v) is 7.71. The molecule has 4 rings (SSSR count). The van der Waals surface area contributed by atoms with Gasteiger partial charge in [-0.1, -0.05) is 23.7 Å². The van der Waals surface area contributed by atoms with E-state index in [0.717, 1.165) is 30.2 Å². The highest BCUT2D eigenvalue weighted by atomic mass is 35.5. The van der Waals surface area contributed by atoms with Crippen molar-refractivity contribution in [2.45, 2.75) is 30.7 Å². The normalized spacial score (nSPS) is 22.3. The first-order valence-electron chi connectivity index (χ1n) is 11.1. The van der Waals surface area contributed by atoms with E-state index >= 15 is 0 Å². The Hall–Kier alpha value is -1.91. The van der Waals surface area contributed by atoms with E-state index in [1.165, 1.54) is 4.90 Å². The lowest BCUT2D eigenvalue weighted by Gasteiger charge is -2.45. The summed E-state index contributed by atoms with van der Waals surface area (Å²) in [6.45, 7) is 2.20. The van der Waals surface area contributed by atoms with Gasteiger partial charge in [0, 0.05) is 60.2 Å². The Morgan fingerprint density at radius 2 is 1.46 bits per heavy atom. The second-order valence-corrected chi connectivity index (χ2v) is 10.4. The number of thioether (sulfide) groups is 1. The van der Waals surface area contributed by atoms with Crippen molar-refractivity contribution in [1.29, 1.82) is 0 Å². The summed E-state index contributed by atoms with van der Waals surface area (Å²) in [5.41, 5.74) is -2.68. The minimum atomic E-state index is -5.01. The number of benzene rings is 2. The molecule has 11 heteroatoms. The molecule has 0 saturated carbocycles. The smallest absolute Gasteiger partial charge is 0.338 e. The second-order valence-electron chi connectivity index (χ2n) is 8.71. The number of carbonyl (C=O) groups is 1. The summed E-state index contributed by atoms with van der Waals surface area (Å²) in [4.78, 5) is 17.0. The molecule has 0 spiro atoms. The molecule has 2 aliphatic rings. The first kappa shape index (κ1) is 26.2. The maximum atomic E-state index is 13.3. The first-order chi connectivity index (χ1) is 16.4. The lowest BCUT2D eigenvalue weighted by molar-refractivity contribution is -0.143. The zero-order chi connectivity index (χ0) is 25.4. The number of nitrogens with zero attached hydrogens (tertiary/aromatic N) is 2. The maximum absolute atomic E-state index is 13.3. The fourth-order valence-corrected chi connectivity index (χ4v) is 5.83. The fourth-order valence-electron chi connectivity index (χ4n) is 4.77. The Kier molecular flexibility index (Phi) is 7.64. The first-order valence-corrected chi connectivity index (χ1v) is 12.6. The molecule has 2 aliphatic heterocycles. The molecule has 2 saturated heterocycles. The Balaban J connectivity index is 1.65. The van der Waals surface area contributed by atoms with Crippen molar-refractivity contribution < 1.29 is 31.1 Å². The van der Waals surface area contributed by atoms with Crippen LogP contribution in [-0.4, -0.2) is 59.4 Å². The van der Waals surface area contributed by atoms with Crippen molar-refractivity contribution in [3.05, 3.63) is 69.7 Å². The summed E-state index contributed by atoms with van der Waals surface area (Å²) in [5.74, 6) is 0.975. The van der Waals surface area contributed by atoms with Gasteiger partial charge in [0.15, 0.2) is 0 Å². The summed E-state index contributed by atoms with van der Waals surface area (Å²) in [6.07, 6.45) is -9.46. The molecule has 2 aromatic carbocycles. The van der Waals surface area contributed by atoms with Crippen LogP contribution in [0.3, 0.4) is 0 Å². The number of carbonyl (C=O) groups excluding carboxylic acids is 1. The molecule has 2 atom stereocenters. The molecule has 0 aromatic heterocycles. The number of piperidine rings is 1. The fraction of sp³-hybridized carbons (Fsp3) is 0.458. The van der Waals surface area contributed by atoms with Gasteiger partial charge in [-0.15, -0.1) is 0 Å². The van der Waals surface area contributed by atoms with Crippen LogP contribution in [0.5, 0.6) is 0 Å². The number of likely N-dealkylation sites (tertiary alicyclic amines) is 1. The third kappa shape index (κ3) is 6.09. The van der Waals surface area contributed by atoms with Crippen LogP contribution in [0.25, 0.3) is 0 Å². The van der Waals surface area contributed by atoms with Crippen molar-refractivity contribution in [3.8, 4) is 0 Å². The van der Waals surface area contributed by atoms with E-state index in [0.29, 0.717) is 23.6 Å². The Morgan fingerprint density at radius 1 is 0.886 bits per heavy atom. The molecule has 2 heterocycles. The molecule has 2 unspecified atom stereocenters. The largest absolute Gasteiger partial charge is 0.416 e. The molecule has 3 nitrogen and oxygen atoms in total. The van der Waals surface area contributed by atoms with E-state index in [1.54, 1.807) is 12.1 Å². The van der Waals surface area contributed by atoms with Gasteiger partial charge in [-0.25, -0.2) is 0 Å². The molecular formula is C24H23ClF6N2OS. The number of hydrogen-bond donors (Lipinski definition) is 0. The third-order valence-electron chi connectivity index (χ3n) is 6.51. The van der Waals surface area contributed by atoms with E-state index in [1.807, 2.05) is 23.9 Å². The lowest BCUT2D eigenvalue weighted by atomic mass is 9.84. The van der Waals surface area contributed by atoms with Crippen molar-refractivity contribution in [2.24, 2.45) is 0 Å². The number of hydrogen-bond acceptors (Lipinski definition) is 3. The van der Waals surface area contributed by atoms with Crippen LogP contribution in [0, 0.1) is 0 Å². The average Bonchev–Trinajstić information content (AvgIpc) is 2.83. The van der Waals surface area contributed by atoms with E-state index in [-0.39, 0.29) is 31.1 Å². The summed E-state index contributed by atoms with van der Waals surface area (Å²) in [5, 5.41) is 0.548. The Bertz CT molecular complexity index is 1020. The van der Waals surface area contributed by atoms with Crippen LogP contribution in [0.2, 0.25) is 5.02 Å². The topological polar surface area (TPSA) is 23.6 Å². The van der Waals surface area contributed by atoms with Crippen LogP contribution in [0.4, 0.5) is 26.3 Å². The molecule has 0 bridgehead atoms. The molecule has 190 valence electrons. The molecule has 1 amide bonds. The molecule has 35 heavy (non-hydrogen) atoms. The maximum Gasteiger partial charge on any atom is 0.416 e. The second kappa shape index (κ2) is 10.2. The predicted molar refractivity (Wildman–Crippen MR) is 124 cm³/mol. The molecule has 2 aromatic rings. The van der Waals surface area contributed by atoms with Gasteiger partial charge in [0.2, 0.25) is 0 Å². The van der Waals surface area contributed by atoms with Gasteiger partial charge in [0.1, 0.15) is 0 Å². The standard InChI is InChI=1S/C24H23ClF6N2OS/c25-19-3-1-15(2-4-19)20-14-33(6-5-21(20)32-7-9-35-10-8-32)22(34)16-11-17(23(26,27)28)13-18(12-16)24(29,30)31/h1-4,11-13,20-21H,5-10,14H2. The Labute approximate surface area is 208 Å². The van der Waals surface area contributed by atoms with Gasteiger partial charge < -0.3 is 4.90 Å². The average molecular weight is 537 g/mol. The van der Waals surface area contributed by atoms with Gasteiger partial charge in [-0.05, 0) is 42.3 Å². The predicted octanol–water partition coefficient (Wildman–Crippen LogP) is 6.42. The summed E-state index contributed by atoms with van der Waals surface area (Å²) < 4.78 is 79.8. The van der Waals surface area contributed by atoms with Gasteiger partial charge in [0.25, 0.3) is 5.91 Å². The zero-order valence-corrected chi connectivity index (χ0v) is 20.1. The van der Waals surface area contributed by atoms with Crippen LogP contribution < -0.4 is 0 Å². The van der Waals surface area contributed by atoms with Crippen LogP contribution in [-0.2, 0) is 12.4 Å². The zero-order valence-electron chi connectivity index (χ0n) is 18.5. The van der Waals surface area contributed by atoms with Crippen LogP contribution in [0.1, 0.15) is 39.4 Å². The summed E-state index contributed by atoms with van der Waals surface area (Å²) in [6, 6.07) is 8.34. The highest BCUT2D eigenvalue weighted by molar-refractivity contribution is 7.99. The molecule has 2 fully saturated rings.